The number of likely N-dealkylation sites (N-methyl/N-ethyl adjacent to an activating group) is 1. The number of cyclic esters (lactones) is 1. The Labute approximate surface area is 262 Å². The maximum absolute atomic E-state index is 14.1. The molecule has 3 saturated heterocycles. The number of Topliss-reactive ketones (excluding diaryl/α,β-unsaturated/α-hetero) is 2. The first-order valence-electron chi connectivity index (χ1n) is 15.8. The first kappa shape index (κ1) is 36.3. The molecule has 0 spiro atoms. The molecule has 0 bridgehead atoms. The molecule has 0 aliphatic carbocycles. The number of methoxy groups -OCH3 is 1. The summed E-state index contributed by atoms with van der Waals surface area (Å²) in [6.45, 7) is 16.2. The van der Waals surface area contributed by atoms with Crippen molar-refractivity contribution in [2.24, 2.45) is 29.1 Å². The van der Waals surface area contributed by atoms with Gasteiger partial charge in [-0.25, -0.2) is 4.79 Å². The third kappa shape index (κ3) is 6.84. The van der Waals surface area contributed by atoms with E-state index in [9.17, 15) is 19.2 Å². The van der Waals surface area contributed by atoms with E-state index >= 15 is 0 Å². The summed E-state index contributed by atoms with van der Waals surface area (Å²) in [5.74, 6) is -4.15. The number of ether oxygens (including phenoxy) is 4. The van der Waals surface area contributed by atoms with Gasteiger partial charge in [0.05, 0.1) is 30.9 Å². The van der Waals surface area contributed by atoms with E-state index in [0.717, 1.165) is 11.5 Å². The lowest BCUT2D eigenvalue weighted by molar-refractivity contribution is -0.289. The van der Waals surface area contributed by atoms with Crippen molar-refractivity contribution in [3.63, 3.8) is 0 Å². The zero-order valence-electron chi connectivity index (χ0n) is 28.8. The number of nitrogens with zero attached hydrogens (tertiary/aromatic N) is 2. The molecule has 3 rings (SSSR count). The van der Waals surface area contributed by atoms with Crippen LogP contribution in [0.5, 0.6) is 0 Å². The highest BCUT2D eigenvalue weighted by Crippen LogP contribution is 2.42. The topological polar surface area (TPSA) is 133 Å². The summed E-state index contributed by atoms with van der Waals surface area (Å²) in [6, 6.07) is -1.29. The van der Waals surface area contributed by atoms with Gasteiger partial charge in [-0.05, 0) is 60.0 Å². The molecule has 8 unspecified atom stereocenters. The van der Waals surface area contributed by atoms with Crippen LogP contribution in [0.1, 0.15) is 75.2 Å². The second-order valence-corrected chi connectivity index (χ2v) is 14.3. The number of ketones is 2. The molecule has 0 saturated carbocycles. The first-order chi connectivity index (χ1) is 20.3. The minimum Gasteiger partial charge on any atom is -0.460 e. The quantitative estimate of drug-likeness (QED) is 0.359. The van der Waals surface area contributed by atoms with Gasteiger partial charge in [-0.1, -0.05) is 34.6 Å². The minimum atomic E-state index is -1.16. The molecule has 3 heterocycles. The lowest BCUT2D eigenvalue weighted by Gasteiger charge is -2.47. The molecule has 3 aliphatic heterocycles. The van der Waals surface area contributed by atoms with E-state index in [-0.39, 0.29) is 23.7 Å². The molecule has 3 fully saturated rings. The highest BCUT2D eigenvalue weighted by molar-refractivity contribution is 6.00. The van der Waals surface area contributed by atoms with Crippen LogP contribution < -0.4 is 5.32 Å². The van der Waals surface area contributed by atoms with Crippen molar-refractivity contribution >= 4 is 23.6 Å². The fourth-order valence-corrected chi connectivity index (χ4v) is 7.68. The van der Waals surface area contributed by atoms with E-state index in [1.807, 2.05) is 41.8 Å². The third-order valence-corrected chi connectivity index (χ3v) is 10.3. The minimum absolute atomic E-state index is 0.0129. The molecule has 1 N–H and O–H groups in total. The summed E-state index contributed by atoms with van der Waals surface area (Å²) in [5, 5.41) is 4.02. The van der Waals surface area contributed by atoms with Crippen molar-refractivity contribution in [2.45, 2.75) is 123 Å². The monoisotopic (exact) mass is 625 g/mol. The van der Waals surface area contributed by atoms with Crippen LogP contribution in [0.25, 0.3) is 0 Å². The Morgan fingerprint density at radius 1 is 0.932 bits per heavy atom. The Hall–Kier alpha value is -2.12. The van der Waals surface area contributed by atoms with E-state index in [4.69, 9.17) is 23.8 Å². The molecule has 3 aliphatic rings. The van der Waals surface area contributed by atoms with Crippen LogP contribution in [0.2, 0.25) is 0 Å². The third-order valence-electron chi connectivity index (χ3n) is 10.3. The van der Waals surface area contributed by atoms with Crippen molar-refractivity contribution < 1.29 is 43.0 Å². The predicted molar refractivity (Wildman–Crippen MR) is 162 cm³/mol. The Morgan fingerprint density at radius 2 is 1.55 bits per heavy atom. The van der Waals surface area contributed by atoms with Crippen LogP contribution in [-0.4, -0.2) is 110 Å². The van der Waals surface area contributed by atoms with Crippen LogP contribution in [0, 0.1) is 29.1 Å². The molecule has 12 nitrogen and oxygen atoms in total. The largest absolute Gasteiger partial charge is 0.460 e. The zero-order chi connectivity index (χ0) is 33.5. The number of hydroxylamine groups is 2. The number of carbonyl (C=O) groups excluding carboxylic acids is 4. The van der Waals surface area contributed by atoms with Gasteiger partial charge in [-0.2, -0.15) is 5.06 Å². The lowest BCUT2D eigenvalue weighted by Crippen LogP contribution is -2.60. The summed E-state index contributed by atoms with van der Waals surface area (Å²) in [5.41, 5.74) is -1.89. The number of urea groups is 1. The Balaban J connectivity index is 2.08. The number of carbonyl (C=O) groups is 4. The number of fused-ring (bicyclic) bond motifs is 1. The summed E-state index contributed by atoms with van der Waals surface area (Å²) >= 11 is 0. The summed E-state index contributed by atoms with van der Waals surface area (Å²) in [6.07, 6.45) is -1.83. The van der Waals surface area contributed by atoms with Crippen molar-refractivity contribution in [3.8, 4) is 0 Å². The normalized spacial score (nSPS) is 42.5. The highest BCUT2D eigenvalue weighted by atomic mass is 16.7. The molecule has 2 amide bonds. The maximum Gasteiger partial charge on any atom is 0.342 e. The second kappa shape index (κ2) is 13.7. The van der Waals surface area contributed by atoms with Gasteiger partial charge in [0.1, 0.15) is 23.9 Å². The Morgan fingerprint density at radius 3 is 2.09 bits per heavy atom. The number of esters is 1. The van der Waals surface area contributed by atoms with E-state index < -0.39 is 77.3 Å². The molecule has 12 atom stereocenters. The molecule has 12 heteroatoms. The van der Waals surface area contributed by atoms with Crippen LogP contribution in [0.4, 0.5) is 4.79 Å². The summed E-state index contributed by atoms with van der Waals surface area (Å²) < 4.78 is 24.8. The van der Waals surface area contributed by atoms with Gasteiger partial charge in [0.2, 0.25) is 0 Å². The molecule has 0 radical (unpaired) electrons. The van der Waals surface area contributed by atoms with E-state index in [1.54, 1.807) is 34.8 Å². The van der Waals surface area contributed by atoms with Gasteiger partial charge in [-0.3, -0.25) is 19.2 Å². The molecule has 44 heavy (non-hydrogen) atoms. The SMILES string of the molecule is COC1C(OC2[C@@H](C)C(=O)[C@@H](C)C(=O)O[C@H](C)C3(C)NC(=O)N(OC)C3C(C)C(=O)C(C)CC2(C)C)O[C@H](C)CC1N(C)C. The average Bonchev–Trinajstić information content (AvgIpc) is 3.22. The lowest BCUT2D eigenvalue weighted by atomic mass is 9.69. The Bertz CT molecular complexity index is 1080. The fourth-order valence-electron chi connectivity index (χ4n) is 7.68. The van der Waals surface area contributed by atoms with E-state index in [0.29, 0.717) is 6.42 Å². The molecule has 252 valence electrons. The van der Waals surface area contributed by atoms with Gasteiger partial charge in [0.25, 0.3) is 0 Å². The first-order valence-corrected chi connectivity index (χ1v) is 15.8. The fraction of sp³-hybridized carbons (Fsp3) is 0.875. The van der Waals surface area contributed by atoms with Crippen molar-refractivity contribution in [1.29, 1.82) is 0 Å². The second-order valence-electron chi connectivity index (χ2n) is 14.3. The molecule has 0 aromatic rings. The van der Waals surface area contributed by atoms with E-state index in [2.05, 4.69) is 10.2 Å². The smallest absolute Gasteiger partial charge is 0.342 e. The highest BCUT2D eigenvalue weighted by Gasteiger charge is 2.58. The summed E-state index contributed by atoms with van der Waals surface area (Å²) in [4.78, 5) is 62.0. The standard InChI is InChI=1S/C32H55N3O9/c1-16-15-31(7,8)27(44-29-25(40-12)22(34(10)11)14-17(2)42-29)19(4)24(37)20(5)28(38)43-21(6)32(9)26(18(3)23(16)36)35(41-13)30(39)33-32/h16-22,25-27,29H,14-15H2,1-13H3,(H,33,39)/t16?,17-,18?,19+,20-,21-,22?,25?,26?,27?,29?,32?/m1/s1. The molecule has 0 aromatic heterocycles. The zero-order valence-corrected chi connectivity index (χ0v) is 28.8. The van der Waals surface area contributed by atoms with Crippen molar-refractivity contribution in [2.75, 3.05) is 28.3 Å². The van der Waals surface area contributed by atoms with Crippen LogP contribution in [0.3, 0.4) is 0 Å². The van der Waals surface area contributed by atoms with Gasteiger partial charge in [0.15, 0.2) is 12.1 Å². The van der Waals surface area contributed by atoms with Gasteiger partial charge >= 0.3 is 12.0 Å². The van der Waals surface area contributed by atoms with Crippen LogP contribution in [0.15, 0.2) is 0 Å². The predicted octanol–water partition coefficient (Wildman–Crippen LogP) is 3.21. The molecular formula is C32H55N3O9. The average molecular weight is 626 g/mol. The van der Waals surface area contributed by atoms with Crippen LogP contribution >= 0.6 is 0 Å². The maximum atomic E-state index is 14.1. The number of amides is 2. The Kier molecular flexibility index (Phi) is 11.3. The number of hydrogen-bond donors (Lipinski definition) is 1. The number of rotatable bonds is 5. The number of nitrogens with one attached hydrogen (secondary N) is 1. The summed E-state index contributed by atoms with van der Waals surface area (Å²) in [7, 11) is 6.94. The number of hydrogen-bond acceptors (Lipinski definition) is 10. The van der Waals surface area contributed by atoms with Crippen molar-refractivity contribution in [1.82, 2.24) is 15.3 Å². The van der Waals surface area contributed by atoms with E-state index in [1.165, 1.54) is 14.0 Å². The van der Waals surface area contributed by atoms with Gasteiger partial charge < -0.3 is 29.2 Å². The van der Waals surface area contributed by atoms with Crippen molar-refractivity contribution in [3.05, 3.63) is 0 Å². The van der Waals surface area contributed by atoms with Crippen LogP contribution in [-0.2, 0) is 38.2 Å². The van der Waals surface area contributed by atoms with Gasteiger partial charge in [0, 0.05) is 30.9 Å². The van der Waals surface area contributed by atoms with Gasteiger partial charge in [-0.15, -0.1) is 0 Å². The molecule has 0 aromatic carbocycles. The molecular weight excluding hydrogens is 570 g/mol.